The molecule has 3 rings (SSSR count). The molecule has 42 heavy (non-hydrogen) atoms. The lowest BCUT2D eigenvalue weighted by atomic mass is 9.75. The van der Waals surface area contributed by atoms with Gasteiger partial charge < -0.3 is 24.6 Å². The third kappa shape index (κ3) is 7.99. The first-order chi connectivity index (χ1) is 20.1. The quantitative estimate of drug-likeness (QED) is 0.204. The maximum absolute atomic E-state index is 13.5. The van der Waals surface area contributed by atoms with Crippen LogP contribution in [0.2, 0.25) is 0 Å². The smallest absolute Gasteiger partial charge is 0.336 e. The Kier molecular flexibility index (Phi) is 11.3. The van der Waals surface area contributed by atoms with E-state index in [1.54, 1.807) is 12.1 Å². The number of hydrogen-bond acceptors (Lipinski definition) is 11. The van der Waals surface area contributed by atoms with E-state index >= 15 is 0 Å². The molecule has 1 aliphatic rings. The maximum atomic E-state index is 13.5. The number of hydrogen-bond donors (Lipinski definition) is 2. The topological polar surface area (TPSA) is 173 Å². The predicted molar refractivity (Wildman–Crippen MR) is 153 cm³/mol. The Balaban J connectivity index is 1.83. The molecular weight excluding hydrogens is 544 g/mol. The molecule has 0 aromatic heterocycles. The number of esters is 2. The number of allylic oxidation sites excluding steroid dienone is 1. The summed E-state index contributed by atoms with van der Waals surface area (Å²) in [6, 6.07) is 14.8. The molecule has 0 aliphatic carbocycles. The van der Waals surface area contributed by atoms with Crippen molar-refractivity contribution in [3.63, 3.8) is 0 Å². The highest BCUT2D eigenvalue weighted by Gasteiger charge is 2.44. The average molecular weight is 579 g/mol. The number of nitro groups is 1. The molecule has 222 valence electrons. The Morgan fingerprint density at radius 2 is 1.95 bits per heavy atom. The molecule has 3 atom stereocenters. The molecule has 0 bridgehead atoms. The number of methoxy groups -OCH3 is 1. The molecule has 2 N–H and O–H groups in total. The van der Waals surface area contributed by atoms with Crippen LogP contribution in [0, 0.1) is 27.4 Å². The number of nitro benzene ring substituents is 1. The molecule has 1 aliphatic heterocycles. The zero-order valence-electron chi connectivity index (χ0n) is 23.9. The van der Waals surface area contributed by atoms with Gasteiger partial charge in [-0.25, -0.2) is 9.79 Å². The van der Waals surface area contributed by atoms with E-state index in [1.165, 1.54) is 31.2 Å². The van der Waals surface area contributed by atoms with Crippen LogP contribution in [0.15, 0.2) is 64.8 Å². The van der Waals surface area contributed by atoms with E-state index in [-0.39, 0.29) is 53.9 Å². The van der Waals surface area contributed by atoms with Gasteiger partial charge in [0.15, 0.2) is 0 Å². The van der Waals surface area contributed by atoms with Crippen molar-refractivity contribution in [2.24, 2.45) is 10.9 Å². The van der Waals surface area contributed by atoms with E-state index in [9.17, 15) is 30.1 Å². The van der Waals surface area contributed by atoms with Crippen molar-refractivity contribution in [1.29, 1.82) is 5.26 Å². The minimum Gasteiger partial charge on any atom is -0.491 e. The van der Waals surface area contributed by atoms with Crippen molar-refractivity contribution < 1.29 is 33.8 Å². The number of para-hydroxylation sites is 1. The first-order valence-electron chi connectivity index (χ1n) is 13.4. The van der Waals surface area contributed by atoms with Gasteiger partial charge in [0, 0.05) is 42.8 Å². The number of carbonyl (C=O) groups excluding carboxylic acids is 2. The minimum atomic E-state index is -1.31. The number of rotatable bonds is 13. The monoisotopic (exact) mass is 578 g/mol. The molecule has 0 amide bonds. The molecule has 3 unspecified atom stereocenters. The van der Waals surface area contributed by atoms with E-state index < -0.39 is 34.8 Å². The normalized spacial score (nSPS) is 17.2. The highest BCUT2D eigenvalue weighted by atomic mass is 16.6. The number of nitrogens with one attached hydrogen (secondary N) is 1. The largest absolute Gasteiger partial charge is 0.491 e. The lowest BCUT2D eigenvalue weighted by molar-refractivity contribution is -0.384. The van der Waals surface area contributed by atoms with Gasteiger partial charge in [-0.3, -0.25) is 14.9 Å². The highest BCUT2D eigenvalue weighted by molar-refractivity contribution is 6.14. The van der Waals surface area contributed by atoms with Crippen LogP contribution in [-0.4, -0.2) is 66.7 Å². The zero-order chi connectivity index (χ0) is 30.8. The predicted octanol–water partition coefficient (Wildman–Crippen LogP) is 3.24. The summed E-state index contributed by atoms with van der Waals surface area (Å²) in [5, 5.41) is 34.5. The molecule has 12 heteroatoms. The SMILES string of the molecule is COC(=O)C1C(C#N)=NC(C)=C(C(=O)OCCc2ccccc2OCC(O)CNC(C)C)C1c1cccc([N+](=O)[O-])c1. The van der Waals surface area contributed by atoms with Crippen LogP contribution >= 0.6 is 0 Å². The summed E-state index contributed by atoms with van der Waals surface area (Å²) in [4.78, 5) is 41.4. The second kappa shape index (κ2) is 14.9. The summed E-state index contributed by atoms with van der Waals surface area (Å²) in [6.07, 6.45) is -0.435. The molecule has 1 heterocycles. The number of non-ortho nitro benzene ring substituents is 1. The van der Waals surface area contributed by atoms with Crippen LogP contribution < -0.4 is 10.1 Å². The molecule has 0 saturated carbocycles. The van der Waals surface area contributed by atoms with Gasteiger partial charge in [-0.2, -0.15) is 5.26 Å². The van der Waals surface area contributed by atoms with Gasteiger partial charge in [-0.15, -0.1) is 0 Å². The third-order valence-corrected chi connectivity index (χ3v) is 6.62. The molecule has 2 aromatic carbocycles. The van der Waals surface area contributed by atoms with Gasteiger partial charge in [0.2, 0.25) is 0 Å². The standard InChI is InChI=1S/C30H34N4O8/c1-18(2)32-16-23(35)17-42-25-11-6-5-8-20(25)12-13-41-30(37)26-19(3)33-24(15-31)28(29(36)40-4)27(26)21-9-7-10-22(14-21)34(38)39/h5-11,14,18,23,27-28,32,35H,12-13,16-17H2,1-4H3. The number of aliphatic imine (C=N–C) groups is 1. The van der Waals surface area contributed by atoms with Crippen molar-refractivity contribution in [2.75, 3.05) is 26.9 Å². The summed E-state index contributed by atoms with van der Waals surface area (Å²) >= 11 is 0. The first kappa shape index (κ1) is 31.9. The van der Waals surface area contributed by atoms with Crippen molar-refractivity contribution in [3.05, 3.63) is 81.0 Å². The van der Waals surface area contributed by atoms with E-state index in [4.69, 9.17) is 14.2 Å². The van der Waals surface area contributed by atoms with Gasteiger partial charge in [0.25, 0.3) is 5.69 Å². The minimum absolute atomic E-state index is 0.00444. The Hall–Kier alpha value is -4.60. The van der Waals surface area contributed by atoms with Crippen LogP contribution in [0.1, 0.15) is 37.8 Å². The fraction of sp³-hybridized carbons (Fsp3) is 0.400. The van der Waals surface area contributed by atoms with Gasteiger partial charge in [-0.05, 0) is 24.1 Å². The maximum Gasteiger partial charge on any atom is 0.336 e. The van der Waals surface area contributed by atoms with Crippen LogP contribution in [0.3, 0.4) is 0 Å². The second-order valence-corrected chi connectivity index (χ2v) is 9.96. The number of aliphatic hydroxyl groups is 1. The van der Waals surface area contributed by atoms with E-state index in [2.05, 4.69) is 10.3 Å². The molecule has 2 aromatic rings. The molecule has 0 radical (unpaired) electrons. The Labute approximate surface area is 243 Å². The van der Waals surface area contributed by atoms with E-state index in [0.29, 0.717) is 12.3 Å². The summed E-state index contributed by atoms with van der Waals surface area (Å²) < 4.78 is 16.3. The van der Waals surface area contributed by atoms with Crippen LogP contribution in [0.5, 0.6) is 5.75 Å². The number of carbonyl (C=O) groups is 2. The lowest BCUT2D eigenvalue weighted by Crippen LogP contribution is -2.37. The van der Waals surface area contributed by atoms with Crippen molar-refractivity contribution >= 4 is 23.3 Å². The number of ether oxygens (including phenoxy) is 3. The van der Waals surface area contributed by atoms with E-state index in [1.807, 2.05) is 32.0 Å². The molecule has 0 saturated heterocycles. The number of benzene rings is 2. The van der Waals surface area contributed by atoms with Crippen LogP contribution in [0.25, 0.3) is 0 Å². The molecule has 0 spiro atoms. The molecule has 12 nitrogen and oxygen atoms in total. The average Bonchev–Trinajstić information content (AvgIpc) is 2.98. The van der Waals surface area contributed by atoms with Crippen LogP contribution in [0.4, 0.5) is 5.69 Å². The lowest BCUT2D eigenvalue weighted by Gasteiger charge is -2.30. The van der Waals surface area contributed by atoms with Gasteiger partial charge in [0.05, 0.1) is 24.2 Å². The van der Waals surface area contributed by atoms with Crippen LogP contribution in [-0.2, 0) is 25.5 Å². The fourth-order valence-corrected chi connectivity index (χ4v) is 4.59. The number of nitriles is 1. The highest BCUT2D eigenvalue weighted by Crippen LogP contribution is 2.41. The number of aliphatic hydroxyl groups excluding tert-OH is 1. The second-order valence-electron chi connectivity index (χ2n) is 9.96. The molecule has 0 fully saturated rings. The third-order valence-electron chi connectivity index (χ3n) is 6.62. The Morgan fingerprint density at radius 3 is 2.62 bits per heavy atom. The Bertz CT molecular complexity index is 1410. The summed E-state index contributed by atoms with van der Waals surface area (Å²) in [5.74, 6) is -3.48. The molecular formula is C30H34N4O8. The van der Waals surface area contributed by atoms with Crippen molar-refractivity contribution in [3.8, 4) is 11.8 Å². The summed E-state index contributed by atoms with van der Waals surface area (Å²) in [6.45, 7) is 5.85. The summed E-state index contributed by atoms with van der Waals surface area (Å²) in [5.41, 5.74) is 0.735. The Morgan fingerprint density at radius 1 is 1.21 bits per heavy atom. The van der Waals surface area contributed by atoms with Gasteiger partial charge in [0.1, 0.15) is 36.2 Å². The van der Waals surface area contributed by atoms with Crippen molar-refractivity contribution in [1.82, 2.24) is 5.32 Å². The summed E-state index contributed by atoms with van der Waals surface area (Å²) in [7, 11) is 1.14. The van der Waals surface area contributed by atoms with E-state index in [0.717, 1.165) is 12.7 Å². The van der Waals surface area contributed by atoms with Gasteiger partial charge >= 0.3 is 11.9 Å². The first-order valence-corrected chi connectivity index (χ1v) is 13.4. The zero-order valence-corrected chi connectivity index (χ0v) is 23.9. The van der Waals surface area contributed by atoms with Crippen molar-refractivity contribution in [2.45, 2.75) is 45.3 Å². The van der Waals surface area contributed by atoms with Gasteiger partial charge in [-0.1, -0.05) is 44.2 Å². The fourth-order valence-electron chi connectivity index (χ4n) is 4.59. The number of nitrogens with zero attached hydrogens (tertiary/aromatic N) is 3.